The van der Waals surface area contributed by atoms with E-state index in [-0.39, 0.29) is 5.38 Å². The summed E-state index contributed by atoms with van der Waals surface area (Å²) >= 11 is 12.9. The van der Waals surface area contributed by atoms with Crippen molar-refractivity contribution in [1.82, 2.24) is 0 Å². The smallest absolute Gasteiger partial charge is 0.0594 e. The Morgan fingerprint density at radius 2 is 1.68 bits per heavy atom. The molecule has 100 valence electrons. The van der Waals surface area contributed by atoms with E-state index in [9.17, 15) is 0 Å². The normalized spacial score (nSPS) is 18.0. The molecule has 3 rings (SSSR count). The number of benzene rings is 2. The molecule has 1 aliphatic carbocycles. The molecule has 0 nitrogen and oxygen atoms in total. The molecule has 0 bridgehead atoms. The van der Waals surface area contributed by atoms with Gasteiger partial charge in [0.25, 0.3) is 0 Å². The Hall–Kier alpha value is -0.720. The Balaban J connectivity index is 1.93. The van der Waals surface area contributed by atoms with Crippen molar-refractivity contribution < 1.29 is 0 Å². The molecule has 1 atom stereocenters. The topological polar surface area (TPSA) is 0 Å². The summed E-state index contributed by atoms with van der Waals surface area (Å²) in [5, 5.41) is 3.22. The second kappa shape index (κ2) is 5.73. The van der Waals surface area contributed by atoms with Crippen LogP contribution in [0.4, 0.5) is 0 Å². The van der Waals surface area contributed by atoms with Crippen molar-refractivity contribution >= 4 is 34.0 Å². The minimum Gasteiger partial charge on any atom is -0.118 e. The third-order valence-electron chi connectivity index (χ3n) is 4.26. The van der Waals surface area contributed by atoms with E-state index in [1.807, 2.05) is 12.1 Å². The van der Waals surface area contributed by atoms with E-state index < -0.39 is 0 Å². The zero-order valence-electron chi connectivity index (χ0n) is 10.9. The van der Waals surface area contributed by atoms with Crippen LogP contribution in [0.2, 0.25) is 5.02 Å². The van der Waals surface area contributed by atoms with Crippen LogP contribution >= 0.6 is 23.2 Å². The Morgan fingerprint density at radius 3 is 2.42 bits per heavy atom. The van der Waals surface area contributed by atoms with Gasteiger partial charge in [-0.15, -0.1) is 11.6 Å². The molecule has 0 spiro atoms. The fourth-order valence-electron chi connectivity index (χ4n) is 3.22. The van der Waals surface area contributed by atoms with Gasteiger partial charge in [0.1, 0.15) is 0 Å². The Morgan fingerprint density at radius 1 is 1.00 bits per heavy atom. The van der Waals surface area contributed by atoms with E-state index in [0.717, 1.165) is 22.7 Å². The lowest BCUT2D eigenvalue weighted by Gasteiger charge is -2.17. The highest BCUT2D eigenvalue weighted by molar-refractivity contribution is 6.35. The summed E-state index contributed by atoms with van der Waals surface area (Å²) in [6.07, 6.45) is 6.52. The van der Waals surface area contributed by atoms with Crippen LogP contribution in [0.25, 0.3) is 10.8 Å². The zero-order valence-corrected chi connectivity index (χ0v) is 12.4. The van der Waals surface area contributed by atoms with Crippen LogP contribution in [-0.4, -0.2) is 0 Å². The Labute approximate surface area is 124 Å². The van der Waals surface area contributed by atoms with Crippen LogP contribution in [-0.2, 0) is 0 Å². The summed E-state index contributed by atoms with van der Waals surface area (Å²) in [4.78, 5) is 0. The molecule has 0 saturated heterocycles. The fraction of sp³-hybridized carbons (Fsp3) is 0.412. The van der Waals surface area contributed by atoms with Gasteiger partial charge in [0, 0.05) is 10.4 Å². The van der Waals surface area contributed by atoms with E-state index in [4.69, 9.17) is 23.2 Å². The van der Waals surface area contributed by atoms with Crippen molar-refractivity contribution in [3.63, 3.8) is 0 Å². The molecule has 0 N–H and O–H groups in total. The monoisotopic (exact) mass is 292 g/mol. The first-order chi connectivity index (χ1) is 9.25. The molecular formula is C17H18Cl2. The maximum absolute atomic E-state index is 6.67. The predicted octanol–water partition coefficient (Wildman–Crippen LogP) is 6.35. The quantitative estimate of drug-likeness (QED) is 0.578. The third-order valence-corrected chi connectivity index (χ3v) is 5.00. The minimum atomic E-state index is 0.102. The van der Waals surface area contributed by atoms with Crippen LogP contribution in [0, 0.1) is 5.92 Å². The molecule has 2 aromatic carbocycles. The lowest BCUT2D eigenvalue weighted by molar-refractivity contribution is 0.496. The van der Waals surface area contributed by atoms with E-state index in [1.165, 1.54) is 36.6 Å². The molecular weight excluding hydrogens is 275 g/mol. The summed E-state index contributed by atoms with van der Waals surface area (Å²) in [5.74, 6) is 0.803. The van der Waals surface area contributed by atoms with Gasteiger partial charge in [-0.2, -0.15) is 0 Å². The minimum absolute atomic E-state index is 0.102. The molecule has 0 radical (unpaired) electrons. The zero-order chi connectivity index (χ0) is 13.2. The van der Waals surface area contributed by atoms with Crippen molar-refractivity contribution in [2.24, 2.45) is 5.92 Å². The average Bonchev–Trinajstić information content (AvgIpc) is 2.92. The largest absolute Gasteiger partial charge is 0.118 e. The first-order valence-electron chi connectivity index (χ1n) is 7.07. The van der Waals surface area contributed by atoms with Gasteiger partial charge in [0.05, 0.1) is 5.38 Å². The maximum Gasteiger partial charge on any atom is 0.0594 e. The van der Waals surface area contributed by atoms with Crippen LogP contribution in [0.15, 0.2) is 36.4 Å². The summed E-state index contributed by atoms with van der Waals surface area (Å²) in [7, 11) is 0. The van der Waals surface area contributed by atoms with E-state index >= 15 is 0 Å². The molecule has 19 heavy (non-hydrogen) atoms. The number of fused-ring (bicyclic) bond motifs is 1. The van der Waals surface area contributed by atoms with E-state index in [1.54, 1.807) is 0 Å². The van der Waals surface area contributed by atoms with Gasteiger partial charge in [-0.3, -0.25) is 0 Å². The maximum atomic E-state index is 6.67. The molecule has 0 aliphatic heterocycles. The lowest BCUT2D eigenvalue weighted by atomic mass is 9.94. The molecule has 1 saturated carbocycles. The predicted molar refractivity (Wildman–Crippen MR) is 84.1 cm³/mol. The molecule has 2 aromatic rings. The lowest BCUT2D eigenvalue weighted by Crippen LogP contribution is -2.00. The highest BCUT2D eigenvalue weighted by atomic mass is 35.5. The molecule has 1 unspecified atom stereocenters. The SMILES string of the molecule is Clc1ccc(C(Cl)CC2CCCC2)c2ccccc12. The highest BCUT2D eigenvalue weighted by Crippen LogP contribution is 2.39. The van der Waals surface area contributed by atoms with Crippen LogP contribution < -0.4 is 0 Å². The number of halogens is 2. The summed E-state index contributed by atoms with van der Waals surface area (Å²) in [6.45, 7) is 0. The first kappa shape index (κ1) is 13.3. The number of hydrogen-bond donors (Lipinski definition) is 0. The highest BCUT2D eigenvalue weighted by Gasteiger charge is 2.21. The number of hydrogen-bond acceptors (Lipinski definition) is 0. The Bertz CT molecular complexity index is 570. The third kappa shape index (κ3) is 2.75. The number of alkyl halides is 1. The van der Waals surface area contributed by atoms with Gasteiger partial charge in [-0.05, 0) is 29.4 Å². The van der Waals surface area contributed by atoms with Crippen molar-refractivity contribution in [2.45, 2.75) is 37.5 Å². The van der Waals surface area contributed by atoms with Gasteiger partial charge in [0.2, 0.25) is 0 Å². The Kier molecular flexibility index (Phi) is 4.00. The second-order valence-electron chi connectivity index (χ2n) is 5.54. The molecule has 1 aliphatic rings. The van der Waals surface area contributed by atoms with Crippen molar-refractivity contribution in [3.05, 3.63) is 47.0 Å². The van der Waals surface area contributed by atoms with Crippen molar-refractivity contribution in [1.29, 1.82) is 0 Å². The van der Waals surface area contributed by atoms with Crippen molar-refractivity contribution in [3.8, 4) is 0 Å². The summed E-state index contributed by atoms with van der Waals surface area (Å²) in [5.41, 5.74) is 1.23. The van der Waals surface area contributed by atoms with Gasteiger partial charge >= 0.3 is 0 Å². The van der Waals surface area contributed by atoms with E-state index in [2.05, 4.69) is 24.3 Å². The number of rotatable bonds is 3. The average molecular weight is 293 g/mol. The van der Waals surface area contributed by atoms with Gasteiger partial charge in [-0.1, -0.05) is 67.6 Å². The molecule has 1 fully saturated rings. The van der Waals surface area contributed by atoms with Crippen LogP contribution in [0.3, 0.4) is 0 Å². The van der Waals surface area contributed by atoms with Crippen LogP contribution in [0.1, 0.15) is 43.0 Å². The molecule has 0 amide bonds. The molecule has 0 heterocycles. The summed E-state index contributed by atoms with van der Waals surface area (Å²) < 4.78 is 0. The first-order valence-corrected chi connectivity index (χ1v) is 7.88. The molecule has 2 heteroatoms. The summed E-state index contributed by atoms with van der Waals surface area (Å²) in [6, 6.07) is 12.3. The van der Waals surface area contributed by atoms with E-state index in [0.29, 0.717) is 0 Å². The fourth-order valence-corrected chi connectivity index (χ4v) is 3.89. The van der Waals surface area contributed by atoms with Crippen molar-refractivity contribution in [2.75, 3.05) is 0 Å². The van der Waals surface area contributed by atoms with Gasteiger partial charge in [-0.25, -0.2) is 0 Å². The van der Waals surface area contributed by atoms with Crippen LogP contribution in [0.5, 0.6) is 0 Å². The molecule has 0 aromatic heterocycles. The second-order valence-corrected chi connectivity index (χ2v) is 6.47. The standard InChI is InChI=1S/C17H18Cl2/c18-16-10-9-15(13-7-3-4-8-14(13)16)17(19)11-12-5-1-2-6-12/h3-4,7-10,12,17H,1-2,5-6,11H2. The van der Waals surface area contributed by atoms with Gasteiger partial charge in [0.15, 0.2) is 0 Å². The van der Waals surface area contributed by atoms with Gasteiger partial charge < -0.3 is 0 Å².